The Balaban J connectivity index is 2.56. The van der Waals surface area contributed by atoms with E-state index in [9.17, 15) is 0 Å². The highest BCUT2D eigenvalue weighted by Crippen LogP contribution is 2.11. The largest absolute Gasteiger partial charge is 0.424 e. The molecule has 1 rings (SSSR count). The minimum absolute atomic E-state index is 0.800. The maximum atomic E-state index is 5.55. The number of benzene rings is 1. The van der Waals surface area contributed by atoms with E-state index in [1.54, 1.807) is 14.2 Å². The Morgan fingerprint density at radius 1 is 1.12 bits per heavy atom. The molecule has 0 heterocycles. The van der Waals surface area contributed by atoms with Crippen molar-refractivity contribution in [2.45, 2.75) is 25.9 Å². The third-order valence-corrected chi connectivity index (χ3v) is 5.84. The quantitative estimate of drug-likeness (QED) is 0.741. The van der Waals surface area contributed by atoms with Crippen molar-refractivity contribution in [1.82, 2.24) is 4.98 Å². The van der Waals surface area contributed by atoms with Gasteiger partial charge in [0.25, 0.3) is 0 Å². The van der Waals surface area contributed by atoms with Crippen molar-refractivity contribution in [2.75, 3.05) is 14.2 Å². The van der Waals surface area contributed by atoms with Crippen LogP contribution in [0.25, 0.3) is 0 Å². The van der Waals surface area contributed by atoms with Gasteiger partial charge in [0.15, 0.2) is 0 Å². The Bertz CT molecular complexity index is 288. The first kappa shape index (κ1) is 13.4. The van der Waals surface area contributed by atoms with Gasteiger partial charge in [0.05, 0.1) is 0 Å². The van der Waals surface area contributed by atoms with Crippen LogP contribution < -0.4 is 4.98 Å². The molecular formula is C12H21NO2Si. The van der Waals surface area contributed by atoms with Gasteiger partial charge in [-0.25, -0.2) is 0 Å². The molecule has 0 fully saturated rings. The maximum absolute atomic E-state index is 5.55. The zero-order valence-electron chi connectivity index (χ0n) is 10.3. The zero-order valence-corrected chi connectivity index (χ0v) is 11.3. The first-order chi connectivity index (χ1) is 7.76. The Kier molecular flexibility index (Phi) is 5.69. The van der Waals surface area contributed by atoms with Gasteiger partial charge in [-0.2, -0.15) is 0 Å². The van der Waals surface area contributed by atoms with Crippen molar-refractivity contribution in [3.63, 3.8) is 0 Å². The third kappa shape index (κ3) is 3.72. The summed E-state index contributed by atoms with van der Waals surface area (Å²) in [5.41, 5.74) is 1.25. The van der Waals surface area contributed by atoms with E-state index < -0.39 is 8.72 Å². The monoisotopic (exact) mass is 239 g/mol. The zero-order chi connectivity index (χ0) is 11.9. The molecule has 4 heteroatoms. The molecule has 0 saturated carbocycles. The summed E-state index contributed by atoms with van der Waals surface area (Å²) in [5.74, 6) is 0. The van der Waals surface area contributed by atoms with Gasteiger partial charge in [0.1, 0.15) is 0 Å². The average molecular weight is 239 g/mol. The molecule has 0 aromatic heterocycles. The highest BCUT2D eigenvalue weighted by atomic mass is 28.4. The van der Waals surface area contributed by atoms with Crippen LogP contribution in [0.1, 0.15) is 18.9 Å². The lowest BCUT2D eigenvalue weighted by molar-refractivity contribution is 0.226. The van der Waals surface area contributed by atoms with Gasteiger partial charge in [0, 0.05) is 26.8 Å². The average Bonchev–Trinajstić information content (AvgIpc) is 2.36. The molecule has 0 aliphatic heterocycles. The summed E-state index contributed by atoms with van der Waals surface area (Å²) < 4.78 is 11.1. The fourth-order valence-electron chi connectivity index (χ4n) is 1.68. The summed E-state index contributed by atoms with van der Waals surface area (Å²) in [5, 5.41) is 0. The molecule has 1 aromatic rings. The van der Waals surface area contributed by atoms with E-state index in [1.807, 2.05) is 18.2 Å². The Labute approximate surface area is 99.1 Å². The molecule has 1 N–H and O–H groups in total. The second kappa shape index (κ2) is 6.80. The summed E-state index contributed by atoms with van der Waals surface area (Å²) in [6.07, 6.45) is 1.07. The van der Waals surface area contributed by atoms with Crippen molar-refractivity contribution in [2.24, 2.45) is 0 Å². The lowest BCUT2D eigenvalue weighted by Gasteiger charge is -2.27. The molecule has 0 bridgehead atoms. The maximum Gasteiger partial charge on any atom is 0.424 e. The lowest BCUT2D eigenvalue weighted by Crippen LogP contribution is -2.54. The predicted molar refractivity (Wildman–Crippen MR) is 68.2 cm³/mol. The van der Waals surface area contributed by atoms with Crippen LogP contribution >= 0.6 is 0 Å². The number of hydrogen-bond acceptors (Lipinski definition) is 3. The predicted octanol–water partition coefficient (Wildman–Crippen LogP) is 2.42. The lowest BCUT2D eigenvalue weighted by atomic mass is 10.2. The summed E-state index contributed by atoms with van der Waals surface area (Å²) in [4.78, 5) is 3.44. The van der Waals surface area contributed by atoms with Crippen LogP contribution in [0.3, 0.4) is 0 Å². The standard InChI is InChI=1S/C12H21NO2Si/c1-4-10-16(14-2,15-3)13-11-12-8-6-5-7-9-12/h5-9,13H,4,10-11H2,1-3H3. The van der Waals surface area contributed by atoms with Crippen LogP contribution in [0.2, 0.25) is 6.04 Å². The van der Waals surface area contributed by atoms with E-state index >= 15 is 0 Å². The normalized spacial score (nSPS) is 11.7. The van der Waals surface area contributed by atoms with E-state index in [1.165, 1.54) is 5.56 Å². The van der Waals surface area contributed by atoms with Gasteiger partial charge >= 0.3 is 8.72 Å². The Morgan fingerprint density at radius 3 is 2.25 bits per heavy atom. The van der Waals surface area contributed by atoms with E-state index in [4.69, 9.17) is 8.85 Å². The topological polar surface area (TPSA) is 30.5 Å². The summed E-state index contributed by atoms with van der Waals surface area (Å²) >= 11 is 0. The highest BCUT2D eigenvalue weighted by Gasteiger charge is 2.34. The van der Waals surface area contributed by atoms with Gasteiger partial charge in [-0.3, -0.25) is 4.98 Å². The highest BCUT2D eigenvalue weighted by molar-refractivity contribution is 6.64. The van der Waals surface area contributed by atoms with Crippen molar-refractivity contribution in [3.8, 4) is 0 Å². The molecule has 0 unspecified atom stereocenters. The molecule has 3 nitrogen and oxygen atoms in total. The molecular weight excluding hydrogens is 218 g/mol. The minimum atomic E-state index is -2.18. The minimum Gasteiger partial charge on any atom is -0.386 e. The van der Waals surface area contributed by atoms with E-state index in [0.29, 0.717) is 0 Å². The van der Waals surface area contributed by atoms with Gasteiger partial charge in [0.2, 0.25) is 0 Å². The van der Waals surface area contributed by atoms with Crippen molar-refractivity contribution >= 4 is 8.72 Å². The second-order valence-corrected chi connectivity index (χ2v) is 6.93. The molecule has 0 aliphatic carbocycles. The number of rotatable bonds is 7. The summed E-state index contributed by atoms with van der Waals surface area (Å²) in [7, 11) is 1.27. The summed E-state index contributed by atoms with van der Waals surface area (Å²) in [6.45, 7) is 2.94. The van der Waals surface area contributed by atoms with Crippen LogP contribution in [0.15, 0.2) is 30.3 Å². The van der Waals surface area contributed by atoms with Gasteiger partial charge < -0.3 is 8.85 Å². The number of nitrogens with one attached hydrogen (secondary N) is 1. The van der Waals surface area contributed by atoms with E-state index in [2.05, 4.69) is 24.0 Å². The van der Waals surface area contributed by atoms with Gasteiger partial charge in [-0.15, -0.1) is 0 Å². The second-order valence-electron chi connectivity index (χ2n) is 3.75. The molecule has 0 aliphatic rings. The van der Waals surface area contributed by atoms with Crippen LogP contribution in [0.4, 0.5) is 0 Å². The Morgan fingerprint density at radius 2 is 1.75 bits per heavy atom. The van der Waals surface area contributed by atoms with Gasteiger partial charge in [-0.1, -0.05) is 43.7 Å². The molecule has 0 amide bonds. The first-order valence-electron chi connectivity index (χ1n) is 5.65. The first-order valence-corrected chi connectivity index (χ1v) is 7.68. The van der Waals surface area contributed by atoms with Crippen molar-refractivity contribution in [3.05, 3.63) is 35.9 Å². The third-order valence-electron chi connectivity index (χ3n) is 2.64. The SMILES string of the molecule is CCC[Si](NCc1ccccc1)(OC)OC. The molecule has 0 saturated heterocycles. The molecule has 0 radical (unpaired) electrons. The van der Waals surface area contributed by atoms with E-state index in [-0.39, 0.29) is 0 Å². The fraction of sp³-hybridized carbons (Fsp3) is 0.500. The molecule has 1 aromatic carbocycles. The number of hydrogen-bond donors (Lipinski definition) is 1. The summed E-state index contributed by atoms with van der Waals surface area (Å²) in [6, 6.07) is 11.3. The Hall–Kier alpha value is -0.683. The van der Waals surface area contributed by atoms with Crippen LogP contribution in [-0.2, 0) is 15.4 Å². The molecule has 16 heavy (non-hydrogen) atoms. The van der Waals surface area contributed by atoms with Crippen LogP contribution in [-0.4, -0.2) is 22.9 Å². The molecule has 0 atom stereocenters. The molecule has 90 valence electrons. The van der Waals surface area contributed by atoms with Gasteiger partial charge in [-0.05, 0) is 5.56 Å². The van der Waals surface area contributed by atoms with Crippen molar-refractivity contribution in [1.29, 1.82) is 0 Å². The van der Waals surface area contributed by atoms with E-state index in [0.717, 1.165) is 19.0 Å². The smallest absolute Gasteiger partial charge is 0.386 e. The van der Waals surface area contributed by atoms with Crippen molar-refractivity contribution < 1.29 is 8.85 Å². The fourth-order valence-corrected chi connectivity index (χ4v) is 3.85. The van der Waals surface area contributed by atoms with Crippen LogP contribution in [0, 0.1) is 0 Å². The van der Waals surface area contributed by atoms with Crippen LogP contribution in [0.5, 0.6) is 0 Å². The molecule has 0 spiro atoms.